The SMILES string of the molecule is O=C(c1ccc2ccccc2n1)N1CCC(CCc2noc(C3CCOCC3)n2)C1. The molecule has 2 aliphatic rings. The molecular weight excluding hydrogens is 380 g/mol. The van der Waals surface area contributed by atoms with Gasteiger partial charge in [-0.3, -0.25) is 4.79 Å². The van der Waals surface area contributed by atoms with E-state index < -0.39 is 0 Å². The topological polar surface area (TPSA) is 81.4 Å². The highest BCUT2D eigenvalue weighted by atomic mass is 16.5. The maximum absolute atomic E-state index is 12.9. The summed E-state index contributed by atoms with van der Waals surface area (Å²) in [4.78, 5) is 24.0. The second kappa shape index (κ2) is 8.52. The van der Waals surface area contributed by atoms with Crippen LogP contribution in [0.1, 0.15) is 53.8 Å². The number of hydrogen-bond donors (Lipinski definition) is 0. The summed E-state index contributed by atoms with van der Waals surface area (Å²) < 4.78 is 10.9. The number of likely N-dealkylation sites (tertiary alicyclic amines) is 1. The first-order valence-electron chi connectivity index (χ1n) is 10.8. The van der Waals surface area contributed by atoms with Crippen molar-refractivity contribution >= 4 is 16.8 Å². The predicted octanol–water partition coefficient (Wildman–Crippen LogP) is 3.61. The highest BCUT2D eigenvalue weighted by molar-refractivity contribution is 5.95. The lowest BCUT2D eigenvalue weighted by Gasteiger charge is -2.18. The van der Waals surface area contributed by atoms with Crippen LogP contribution in [0.5, 0.6) is 0 Å². The van der Waals surface area contributed by atoms with Crippen LogP contribution in [0.3, 0.4) is 0 Å². The Balaban J connectivity index is 1.16. The number of pyridine rings is 1. The molecule has 1 aromatic carbocycles. The van der Waals surface area contributed by atoms with Crippen molar-refractivity contribution in [1.82, 2.24) is 20.0 Å². The number of aryl methyl sites for hydroxylation is 1. The van der Waals surface area contributed by atoms with Crippen LogP contribution in [-0.2, 0) is 11.2 Å². The molecule has 2 aliphatic heterocycles. The lowest BCUT2D eigenvalue weighted by atomic mass is 10.0. The maximum Gasteiger partial charge on any atom is 0.272 e. The fraction of sp³-hybridized carbons (Fsp3) is 0.478. The zero-order chi connectivity index (χ0) is 20.3. The number of carbonyl (C=O) groups is 1. The summed E-state index contributed by atoms with van der Waals surface area (Å²) in [6.45, 7) is 3.07. The summed E-state index contributed by atoms with van der Waals surface area (Å²) in [5.74, 6) is 2.33. The van der Waals surface area contributed by atoms with E-state index in [4.69, 9.17) is 9.26 Å². The molecule has 2 fully saturated rings. The highest BCUT2D eigenvalue weighted by Gasteiger charge is 2.28. The molecule has 2 aromatic heterocycles. The Morgan fingerprint density at radius 3 is 2.83 bits per heavy atom. The van der Waals surface area contributed by atoms with E-state index in [-0.39, 0.29) is 5.91 Å². The molecule has 4 heterocycles. The fourth-order valence-corrected chi connectivity index (χ4v) is 4.41. The number of ether oxygens (including phenoxy) is 1. The van der Waals surface area contributed by atoms with E-state index >= 15 is 0 Å². The van der Waals surface area contributed by atoms with Gasteiger partial charge in [0.2, 0.25) is 5.89 Å². The number of amides is 1. The molecule has 0 radical (unpaired) electrons. The number of para-hydroxylation sites is 1. The summed E-state index contributed by atoms with van der Waals surface area (Å²) in [6.07, 6.45) is 4.65. The van der Waals surface area contributed by atoms with E-state index in [9.17, 15) is 4.79 Å². The summed E-state index contributed by atoms with van der Waals surface area (Å²) in [5, 5.41) is 5.22. The molecule has 0 bridgehead atoms. The number of hydrogen-bond acceptors (Lipinski definition) is 6. The molecule has 7 heteroatoms. The van der Waals surface area contributed by atoms with Gasteiger partial charge in [-0.15, -0.1) is 0 Å². The zero-order valence-electron chi connectivity index (χ0n) is 17.0. The monoisotopic (exact) mass is 406 g/mol. The molecule has 2 saturated heterocycles. The van der Waals surface area contributed by atoms with Crippen molar-refractivity contribution in [3.63, 3.8) is 0 Å². The molecule has 0 spiro atoms. The summed E-state index contributed by atoms with van der Waals surface area (Å²) in [6, 6.07) is 11.7. The smallest absolute Gasteiger partial charge is 0.272 e. The third-order valence-corrected chi connectivity index (χ3v) is 6.22. The van der Waals surface area contributed by atoms with Crippen molar-refractivity contribution in [2.45, 2.75) is 38.0 Å². The van der Waals surface area contributed by atoms with Gasteiger partial charge in [-0.05, 0) is 43.7 Å². The number of carbonyl (C=O) groups excluding carboxylic acids is 1. The largest absolute Gasteiger partial charge is 0.381 e. The van der Waals surface area contributed by atoms with Crippen molar-refractivity contribution in [1.29, 1.82) is 0 Å². The van der Waals surface area contributed by atoms with Gasteiger partial charge >= 0.3 is 0 Å². The van der Waals surface area contributed by atoms with Gasteiger partial charge in [-0.2, -0.15) is 4.98 Å². The molecule has 5 rings (SSSR count). The van der Waals surface area contributed by atoms with Crippen LogP contribution in [-0.4, -0.2) is 52.2 Å². The number of rotatable bonds is 5. The van der Waals surface area contributed by atoms with Gasteiger partial charge in [0.15, 0.2) is 5.82 Å². The molecule has 1 atom stereocenters. The molecule has 0 saturated carbocycles. The Hall–Kier alpha value is -2.80. The third-order valence-electron chi connectivity index (χ3n) is 6.22. The van der Waals surface area contributed by atoms with Gasteiger partial charge < -0.3 is 14.2 Å². The fourth-order valence-electron chi connectivity index (χ4n) is 4.41. The second-order valence-electron chi connectivity index (χ2n) is 8.27. The first kappa shape index (κ1) is 19.2. The first-order chi connectivity index (χ1) is 14.8. The molecular formula is C23H26N4O3. The molecule has 156 valence electrons. The van der Waals surface area contributed by atoms with E-state index in [1.165, 1.54) is 0 Å². The Bertz CT molecular complexity index is 1030. The van der Waals surface area contributed by atoms with Gasteiger partial charge in [-0.25, -0.2) is 4.98 Å². The van der Waals surface area contributed by atoms with Gasteiger partial charge in [0.1, 0.15) is 5.69 Å². The van der Waals surface area contributed by atoms with Crippen LogP contribution < -0.4 is 0 Å². The van der Waals surface area contributed by atoms with Gasteiger partial charge in [-0.1, -0.05) is 29.4 Å². The average Bonchev–Trinajstić information content (AvgIpc) is 3.47. The quantitative estimate of drug-likeness (QED) is 0.644. The third kappa shape index (κ3) is 4.07. The van der Waals surface area contributed by atoms with Crippen molar-refractivity contribution in [3.05, 3.63) is 53.8 Å². The van der Waals surface area contributed by atoms with Crippen molar-refractivity contribution in [2.75, 3.05) is 26.3 Å². The number of fused-ring (bicyclic) bond motifs is 1. The lowest BCUT2D eigenvalue weighted by molar-refractivity contribution is 0.0777. The minimum atomic E-state index is 0.0182. The minimum Gasteiger partial charge on any atom is -0.381 e. The van der Waals surface area contributed by atoms with Crippen molar-refractivity contribution in [2.24, 2.45) is 5.92 Å². The Morgan fingerprint density at radius 2 is 1.93 bits per heavy atom. The molecule has 7 nitrogen and oxygen atoms in total. The van der Waals surface area contributed by atoms with E-state index in [2.05, 4.69) is 15.1 Å². The van der Waals surface area contributed by atoms with Crippen LogP contribution >= 0.6 is 0 Å². The number of nitrogens with zero attached hydrogens (tertiary/aromatic N) is 4. The predicted molar refractivity (Wildman–Crippen MR) is 111 cm³/mol. The molecule has 0 N–H and O–H groups in total. The molecule has 1 amide bonds. The Labute approximate surface area is 175 Å². The van der Waals surface area contributed by atoms with E-state index in [1.54, 1.807) is 0 Å². The summed E-state index contributed by atoms with van der Waals surface area (Å²) in [7, 11) is 0. The second-order valence-corrected chi connectivity index (χ2v) is 8.27. The maximum atomic E-state index is 12.9. The normalized spacial score (nSPS) is 20.1. The number of aromatic nitrogens is 3. The summed E-state index contributed by atoms with van der Waals surface area (Å²) in [5.41, 5.74) is 1.38. The van der Waals surface area contributed by atoms with Crippen LogP contribution in [0, 0.1) is 5.92 Å². The zero-order valence-corrected chi connectivity index (χ0v) is 17.0. The van der Waals surface area contributed by atoms with Gasteiger partial charge in [0.05, 0.1) is 5.52 Å². The first-order valence-corrected chi connectivity index (χ1v) is 10.8. The Kier molecular flexibility index (Phi) is 5.45. The summed E-state index contributed by atoms with van der Waals surface area (Å²) >= 11 is 0. The molecule has 1 unspecified atom stereocenters. The van der Waals surface area contributed by atoms with E-state index in [1.807, 2.05) is 41.3 Å². The van der Waals surface area contributed by atoms with E-state index in [0.717, 1.165) is 81.0 Å². The molecule has 30 heavy (non-hydrogen) atoms. The average molecular weight is 406 g/mol. The van der Waals surface area contributed by atoms with Gasteiger partial charge in [0, 0.05) is 44.0 Å². The van der Waals surface area contributed by atoms with Gasteiger partial charge in [0.25, 0.3) is 5.91 Å². The molecule has 0 aliphatic carbocycles. The van der Waals surface area contributed by atoms with E-state index in [0.29, 0.717) is 17.5 Å². The number of benzene rings is 1. The molecule has 3 aromatic rings. The van der Waals surface area contributed by atoms with Crippen LogP contribution in [0.15, 0.2) is 40.9 Å². The van der Waals surface area contributed by atoms with Crippen LogP contribution in [0.2, 0.25) is 0 Å². The van der Waals surface area contributed by atoms with Crippen molar-refractivity contribution in [3.8, 4) is 0 Å². The van der Waals surface area contributed by atoms with Crippen molar-refractivity contribution < 1.29 is 14.1 Å². The minimum absolute atomic E-state index is 0.0182. The lowest BCUT2D eigenvalue weighted by Crippen LogP contribution is -2.29. The van der Waals surface area contributed by atoms with Crippen LogP contribution in [0.25, 0.3) is 10.9 Å². The van der Waals surface area contributed by atoms with Crippen LogP contribution in [0.4, 0.5) is 0 Å². The standard InChI is InChI=1S/C23H26N4O3/c28-23(20-7-6-17-3-1-2-4-19(17)24-20)27-12-9-16(15-27)5-8-21-25-22(30-26-21)18-10-13-29-14-11-18/h1-4,6-7,16,18H,5,8-15H2. The Morgan fingerprint density at radius 1 is 1.07 bits per heavy atom. The highest BCUT2D eigenvalue weighted by Crippen LogP contribution is 2.27.